The third-order valence-corrected chi connectivity index (χ3v) is 5.43. The first-order valence-corrected chi connectivity index (χ1v) is 9.20. The molecule has 0 amide bonds. The van der Waals surface area contributed by atoms with Crippen molar-refractivity contribution in [3.05, 3.63) is 62.9 Å². The third-order valence-electron chi connectivity index (χ3n) is 5.00. The van der Waals surface area contributed by atoms with Crippen LogP contribution in [0.15, 0.2) is 34.9 Å². The zero-order valence-corrected chi connectivity index (χ0v) is 15.1. The van der Waals surface area contributed by atoms with Gasteiger partial charge >= 0.3 is 0 Å². The van der Waals surface area contributed by atoms with E-state index < -0.39 is 0 Å². The van der Waals surface area contributed by atoms with E-state index >= 15 is 0 Å². The minimum atomic E-state index is 0.290. The van der Waals surface area contributed by atoms with E-state index in [0.29, 0.717) is 6.04 Å². The van der Waals surface area contributed by atoms with Gasteiger partial charge in [-0.25, -0.2) is 0 Å². The summed E-state index contributed by atoms with van der Waals surface area (Å²) in [6.45, 7) is 6.46. The molecule has 23 heavy (non-hydrogen) atoms. The van der Waals surface area contributed by atoms with E-state index in [2.05, 4.69) is 57.3 Å². The molecule has 1 aliphatic heterocycles. The molecule has 3 nitrogen and oxygen atoms in total. The monoisotopic (exact) mass is 371 g/mol. The molecule has 2 aliphatic rings. The summed E-state index contributed by atoms with van der Waals surface area (Å²) in [5.74, 6) is 0. The van der Waals surface area contributed by atoms with Gasteiger partial charge in [-0.2, -0.15) is 0 Å². The van der Waals surface area contributed by atoms with Crippen molar-refractivity contribution in [3.8, 4) is 0 Å². The molecule has 1 aromatic heterocycles. The predicted octanol–water partition coefficient (Wildman–Crippen LogP) is 3.25. The van der Waals surface area contributed by atoms with Crippen molar-refractivity contribution in [1.82, 2.24) is 15.2 Å². The number of nitrogens with one attached hydrogen (secondary N) is 1. The number of benzene rings is 1. The topological polar surface area (TPSA) is 28.2 Å². The van der Waals surface area contributed by atoms with Gasteiger partial charge in [-0.1, -0.05) is 23.8 Å². The van der Waals surface area contributed by atoms with Gasteiger partial charge < -0.3 is 5.32 Å². The van der Waals surface area contributed by atoms with Gasteiger partial charge in [0.2, 0.25) is 0 Å². The van der Waals surface area contributed by atoms with Crippen molar-refractivity contribution >= 4 is 15.9 Å². The fraction of sp³-hybridized carbons (Fsp3) is 0.421. The van der Waals surface area contributed by atoms with Crippen molar-refractivity contribution < 1.29 is 0 Å². The molecule has 0 saturated carbocycles. The summed E-state index contributed by atoms with van der Waals surface area (Å²) in [5, 5.41) is 3.47. The Morgan fingerprint density at radius 1 is 1.13 bits per heavy atom. The van der Waals surface area contributed by atoms with Gasteiger partial charge in [-0.3, -0.25) is 9.88 Å². The highest BCUT2D eigenvalue weighted by molar-refractivity contribution is 9.10. The van der Waals surface area contributed by atoms with Gasteiger partial charge in [0.15, 0.2) is 0 Å². The first-order valence-electron chi connectivity index (χ1n) is 8.41. The van der Waals surface area contributed by atoms with Gasteiger partial charge in [0, 0.05) is 36.8 Å². The van der Waals surface area contributed by atoms with Crippen LogP contribution in [0.4, 0.5) is 0 Å². The Labute approximate surface area is 146 Å². The lowest BCUT2D eigenvalue weighted by Crippen LogP contribution is -2.45. The highest BCUT2D eigenvalue weighted by Crippen LogP contribution is 2.36. The molecule has 4 rings (SSSR count). The average Bonchev–Trinajstić information content (AvgIpc) is 2.72. The summed E-state index contributed by atoms with van der Waals surface area (Å²) < 4.78 is 1.08. The second-order valence-electron chi connectivity index (χ2n) is 6.59. The number of fused-ring (bicyclic) bond motifs is 2. The number of aryl methyl sites for hydroxylation is 3. The van der Waals surface area contributed by atoms with Crippen LogP contribution < -0.4 is 5.32 Å². The molecule has 2 heterocycles. The molecule has 2 aromatic rings. The maximum Gasteiger partial charge on any atom is 0.0782 e. The van der Waals surface area contributed by atoms with Crippen molar-refractivity contribution in [1.29, 1.82) is 0 Å². The minimum absolute atomic E-state index is 0.290. The van der Waals surface area contributed by atoms with E-state index in [-0.39, 0.29) is 0 Å². The SMILES string of the molecule is Cc1ccc2c(c1)CCc1cc(Br)cnc1C2N1CCNCC1. The maximum absolute atomic E-state index is 4.85. The Balaban J connectivity index is 1.86. The largest absolute Gasteiger partial charge is 0.314 e. The molecule has 1 unspecified atom stereocenters. The fourth-order valence-electron chi connectivity index (χ4n) is 3.88. The van der Waals surface area contributed by atoms with Crippen molar-refractivity contribution in [2.24, 2.45) is 0 Å². The Bertz CT molecular complexity index is 669. The molecule has 120 valence electrons. The average molecular weight is 372 g/mol. The zero-order valence-electron chi connectivity index (χ0n) is 13.5. The number of aromatic nitrogens is 1. The Kier molecular flexibility index (Phi) is 4.22. The van der Waals surface area contributed by atoms with E-state index in [1.165, 1.54) is 27.9 Å². The number of halogens is 1. The molecule has 1 aromatic carbocycles. The molecule has 1 N–H and O–H groups in total. The van der Waals surface area contributed by atoms with Crippen LogP contribution in [0.5, 0.6) is 0 Å². The normalized spacial score (nSPS) is 21.4. The lowest BCUT2D eigenvalue weighted by Gasteiger charge is -2.35. The van der Waals surface area contributed by atoms with Gasteiger partial charge in [0.05, 0.1) is 11.7 Å². The van der Waals surface area contributed by atoms with Crippen LogP contribution in [0.1, 0.15) is 34.0 Å². The van der Waals surface area contributed by atoms with Crippen molar-refractivity contribution in [2.45, 2.75) is 25.8 Å². The predicted molar refractivity (Wildman–Crippen MR) is 96.8 cm³/mol. The van der Waals surface area contributed by atoms with E-state index in [4.69, 9.17) is 4.98 Å². The smallest absolute Gasteiger partial charge is 0.0782 e. The summed E-state index contributed by atoms with van der Waals surface area (Å²) in [6, 6.07) is 9.49. The van der Waals surface area contributed by atoms with Gasteiger partial charge in [-0.15, -0.1) is 0 Å². The summed E-state index contributed by atoms with van der Waals surface area (Å²) in [7, 11) is 0. The molecule has 0 bridgehead atoms. The lowest BCUT2D eigenvalue weighted by molar-refractivity contribution is 0.195. The molecule has 1 fully saturated rings. The molecule has 0 radical (unpaired) electrons. The molecular weight excluding hydrogens is 350 g/mol. The quantitative estimate of drug-likeness (QED) is 0.833. The zero-order chi connectivity index (χ0) is 15.8. The summed E-state index contributed by atoms with van der Waals surface area (Å²) in [6.07, 6.45) is 4.12. The van der Waals surface area contributed by atoms with E-state index in [9.17, 15) is 0 Å². The number of piperazine rings is 1. The number of nitrogens with zero attached hydrogens (tertiary/aromatic N) is 2. The minimum Gasteiger partial charge on any atom is -0.314 e. The Morgan fingerprint density at radius 3 is 2.74 bits per heavy atom. The van der Waals surface area contributed by atoms with E-state index in [1.54, 1.807) is 0 Å². The summed E-state index contributed by atoms with van der Waals surface area (Å²) >= 11 is 3.59. The van der Waals surface area contributed by atoms with Gasteiger partial charge in [-0.05, 0) is 58.5 Å². The number of hydrogen-bond donors (Lipinski definition) is 1. The second kappa shape index (κ2) is 6.34. The molecular formula is C19H22BrN3. The summed E-state index contributed by atoms with van der Waals surface area (Å²) in [5.41, 5.74) is 6.92. The first-order chi connectivity index (χ1) is 11.2. The Morgan fingerprint density at radius 2 is 1.91 bits per heavy atom. The molecule has 0 spiro atoms. The van der Waals surface area contributed by atoms with Crippen molar-refractivity contribution in [2.75, 3.05) is 26.2 Å². The molecule has 1 saturated heterocycles. The highest BCUT2D eigenvalue weighted by atomic mass is 79.9. The first kappa shape index (κ1) is 15.3. The van der Waals surface area contributed by atoms with E-state index in [1.807, 2.05) is 6.20 Å². The van der Waals surface area contributed by atoms with E-state index in [0.717, 1.165) is 43.5 Å². The van der Waals surface area contributed by atoms with Crippen LogP contribution >= 0.6 is 15.9 Å². The van der Waals surface area contributed by atoms with Crippen LogP contribution in [-0.2, 0) is 12.8 Å². The van der Waals surface area contributed by atoms with Crippen LogP contribution in [0.25, 0.3) is 0 Å². The molecule has 4 heteroatoms. The lowest BCUT2D eigenvalue weighted by atomic mass is 9.95. The second-order valence-corrected chi connectivity index (χ2v) is 7.50. The standard InChI is InChI=1S/C19H22BrN3/c1-13-2-5-17-14(10-13)3-4-15-11-16(20)12-22-18(15)19(17)23-8-6-21-7-9-23/h2,5,10-12,19,21H,3-4,6-9H2,1H3. The van der Waals surface area contributed by atoms with Crippen LogP contribution in [0.3, 0.4) is 0 Å². The number of rotatable bonds is 1. The van der Waals surface area contributed by atoms with Gasteiger partial charge in [0.25, 0.3) is 0 Å². The molecule has 1 aliphatic carbocycles. The van der Waals surface area contributed by atoms with Crippen LogP contribution in [0.2, 0.25) is 0 Å². The highest BCUT2D eigenvalue weighted by Gasteiger charge is 2.30. The van der Waals surface area contributed by atoms with Crippen molar-refractivity contribution in [3.63, 3.8) is 0 Å². The van der Waals surface area contributed by atoms with Crippen LogP contribution in [-0.4, -0.2) is 36.1 Å². The summed E-state index contributed by atoms with van der Waals surface area (Å²) in [4.78, 5) is 7.44. The number of hydrogen-bond acceptors (Lipinski definition) is 3. The fourth-order valence-corrected chi connectivity index (χ4v) is 4.26. The number of pyridine rings is 1. The maximum atomic E-state index is 4.85. The molecule has 1 atom stereocenters. The van der Waals surface area contributed by atoms with Crippen LogP contribution in [0, 0.1) is 6.92 Å². The Hall–Kier alpha value is -1.23. The van der Waals surface area contributed by atoms with Gasteiger partial charge in [0.1, 0.15) is 0 Å². The third kappa shape index (κ3) is 2.95.